The first-order valence-electron chi connectivity index (χ1n) is 7.38. The molecule has 0 aliphatic carbocycles. The molecule has 5 heteroatoms. The van der Waals surface area contributed by atoms with Crippen LogP contribution in [0.1, 0.15) is 12.0 Å². The quantitative estimate of drug-likeness (QED) is 0.727. The number of rotatable bonds is 8. The van der Waals surface area contributed by atoms with Crippen molar-refractivity contribution >= 4 is 17.5 Å². The molecule has 2 rings (SSSR count). The second kappa shape index (κ2) is 8.15. The molecule has 0 aliphatic heterocycles. The summed E-state index contributed by atoms with van der Waals surface area (Å²) in [6.45, 7) is 0. The molecule has 2 atom stereocenters. The zero-order valence-corrected chi connectivity index (χ0v) is 13.8. The summed E-state index contributed by atoms with van der Waals surface area (Å²) in [7, 11) is 0. The molecule has 0 saturated carbocycles. The number of aliphatic hydroxyl groups is 1. The van der Waals surface area contributed by atoms with Gasteiger partial charge >= 0.3 is 0 Å². The molecular formula is C18H21NO3S. The Balaban J connectivity index is 2.33. The number of ether oxygens (including phenoxy) is 1. The molecule has 3 N–H and O–H groups in total. The Bertz CT molecular complexity index is 621. The lowest BCUT2D eigenvalue weighted by Gasteiger charge is -2.30. The summed E-state index contributed by atoms with van der Waals surface area (Å²) in [5.41, 5.74) is 6.35. The molecular weight excluding hydrogens is 310 g/mol. The first kappa shape index (κ1) is 17.5. The first-order valence-corrected chi connectivity index (χ1v) is 8.78. The van der Waals surface area contributed by atoms with Crippen molar-refractivity contribution in [1.82, 2.24) is 0 Å². The van der Waals surface area contributed by atoms with Crippen LogP contribution in [-0.2, 0) is 10.6 Å². The molecule has 2 aromatic rings. The highest BCUT2D eigenvalue weighted by molar-refractivity contribution is 7.98. The maximum absolute atomic E-state index is 12.8. The summed E-state index contributed by atoms with van der Waals surface area (Å²) in [6.07, 6.45) is 2.42. The molecule has 0 spiro atoms. The van der Waals surface area contributed by atoms with E-state index in [-0.39, 0.29) is 0 Å². The van der Waals surface area contributed by atoms with Gasteiger partial charge in [-0.1, -0.05) is 48.5 Å². The maximum Gasteiger partial charge on any atom is 0.296 e. The summed E-state index contributed by atoms with van der Waals surface area (Å²) in [6, 6.07) is 16.6. The zero-order chi connectivity index (χ0) is 16.7. The van der Waals surface area contributed by atoms with Crippen LogP contribution in [0.25, 0.3) is 0 Å². The van der Waals surface area contributed by atoms with Gasteiger partial charge in [-0.15, -0.1) is 0 Å². The van der Waals surface area contributed by atoms with E-state index in [9.17, 15) is 9.90 Å². The molecule has 0 radical (unpaired) electrons. The minimum Gasteiger partial charge on any atom is -0.451 e. The summed E-state index contributed by atoms with van der Waals surface area (Å²) in [5.74, 6) is -1.49. The van der Waals surface area contributed by atoms with Gasteiger partial charge in [0.1, 0.15) is 5.75 Å². The van der Waals surface area contributed by atoms with Gasteiger partial charge in [0.2, 0.25) is 5.78 Å². The van der Waals surface area contributed by atoms with Crippen LogP contribution in [0.5, 0.6) is 5.75 Å². The van der Waals surface area contributed by atoms with Crippen LogP contribution < -0.4 is 10.5 Å². The molecule has 122 valence electrons. The SMILES string of the molecule is CSCC[C@H](N)C(=O)C(O)(Oc1ccccc1)c1ccccc1. The van der Waals surface area contributed by atoms with Gasteiger partial charge in [0.05, 0.1) is 6.04 Å². The number of hydrogen-bond donors (Lipinski definition) is 2. The Morgan fingerprint density at radius 2 is 1.74 bits per heavy atom. The van der Waals surface area contributed by atoms with Crippen LogP contribution in [0, 0.1) is 0 Å². The number of carbonyl (C=O) groups excluding carboxylic acids is 1. The van der Waals surface area contributed by atoms with Gasteiger partial charge in [-0.2, -0.15) is 11.8 Å². The van der Waals surface area contributed by atoms with Gasteiger partial charge in [0.15, 0.2) is 0 Å². The fourth-order valence-electron chi connectivity index (χ4n) is 2.20. The normalized spacial score (nSPS) is 14.7. The largest absolute Gasteiger partial charge is 0.451 e. The molecule has 0 saturated heterocycles. The highest BCUT2D eigenvalue weighted by Gasteiger charge is 2.43. The molecule has 0 heterocycles. The van der Waals surface area contributed by atoms with Crippen molar-refractivity contribution in [2.45, 2.75) is 18.2 Å². The highest BCUT2D eigenvalue weighted by atomic mass is 32.2. The second-order valence-corrected chi connectivity index (χ2v) is 6.16. The second-order valence-electron chi connectivity index (χ2n) is 5.18. The van der Waals surface area contributed by atoms with E-state index in [1.54, 1.807) is 60.3 Å². The molecule has 0 fully saturated rings. The molecule has 0 aromatic heterocycles. The first-order chi connectivity index (χ1) is 11.1. The minimum atomic E-state index is -2.10. The highest BCUT2D eigenvalue weighted by Crippen LogP contribution is 2.28. The zero-order valence-electron chi connectivity index (χ0n) is 13.0. The molecule has 1 unspecified atom stereocenters. The summed E-state index contributed by atoms with van der Waals surface area (Å²) >= 11 is 1.60. The predicted molar refractivity (Wildman–Crippen MR) is 93.4 cm³/mol. The number of ketones is 1. The Labute approximate surface area is 140 Å². The Kier molecular flexibility index (Phi) is 6.21. The smallest absolute Gasteiger partial charge is 0.296 e. The van der Waals surface area contributed by atoms with Crippen molar-refractivity contribution in [3.63, 3.8) is 0 Å². The van der Waals surface area contributed by atoms with Crippen molar-refractivity contribution in [1.29, 1.82) is 0 Å². The Morgan fingerprint density at radius 1 is 1.17 bits per heavy atom. The van der Waals surface area contributed by atoms with E-state index in [1.807, 2.05) is 18.4 Å². The fourth-order valence-corrected chi connectivity index (χ4v) is 2.69. The van der Waals surface area contributed by atoms with Crippen LogP contribution in [0.2, 0.25) is 0 Å². The average molecular weight is 331 g/mol. The fraction of sp³-hybridized carbons (Fsp3) is 0.278. The number of Topliss-reactive ketones (excluding diaryl/α,β-unsaturated/α-hetero) is 1. The third-order valence-electron chi connectivity index (χ3n) is 3.48. The third-order valence-corrected chi connectivity index (χ3v) is 4.12. The van der Waals surface area contributed by atoms with Gasteiger partial charge in [0.25, 0.3) is 5.79 Å². The standard InChI is InChI=1S/C18H21NO3S/c1-23-13-12-16(19)17(20)18(21,14-8-4-2-5-9-14)22-15-10-6-3-7-11-15/h2-11,16,21H,12-13,19H2,1H3/t16-,18?/m0/s1. The van der Waals surface area contributed by atoms with Gasteiger partial charge in [-0.3, -0.25) is 4.79 Å². The monoisotopic (exact) mass is 331 g/mol. The Hall–Kier alpha value is -1.82. The number of carbonyl (C=O) groups is 1. The van der Waals surface area contributed by atoms with Crippen molar-refractivity contribution < 1.29 is 14.6 Å². The van der Waals surface area contributed by atoms with Crippen molar-refractivity contribution in [3.8, 4) is 5.75 Å². The van der Waals surface area contributed by atoms with E-state index < -0.39 is 17.6 Å². The number of benzene rings is 2. The van der Waals surface area contributed by atoms with Crippen LogP contribution in [0.4, 0.5) is 0 Å². The van der Waals surface area contributed by atoms with Crippen molar-refractivity contribution in [3.05, 3.63) is 66.2 Å². The van der Waals surface area contributed by atoms with Crippen LogP contribution in [0.3, 0.4) is 0 Å². The number of para-hydroxylation sites is 1. The lowest BCUT2D eigenvalue weighted by Crippen LogP contribution is -2.50. The van der Waals surface area contributed by atoms with Crippen LogP contribution >= 0.6 is 11.8 Å². The van der Waals surface area contributed by atoms with E-state index in [1.165, 1.54) is 0 Å². The molecule has 2 aromatic carbocycles. The predicted octanol–water partition coefficient (Wildman–Crippen LogP) is 2.56. The van der Waals surface area contributed by atoms with E-state index in [2.05, 4.69) is 0 Å². The van der Waals surface area contributed by atoms with Crippen molar-refractivity contribution in [2.24, 2.45) is 5.73 Å². The molecule has 23 heavy (non-hydrogen) atoms. The van der Waals surface area contributed by atoms with E-state index >= 15 is 0 Å². The lowest BCUT2D eigenvalue weighted by molar-refractivity contribution is -0.178. The van der Waals surface area contributed by atoms with Gasteiger partial charge in [-0.05, 0) is 30.6 Å². The van der Waals surface area contributed by atoms with Gasteiger partial charge in [-0.25, -0.2) is 0 Å². The third kappa shape index (κ3) is 4.34. The minimum absolute atomic E-state index is 0.369. The van der Waals surface area contributed by atoms with E-state index in [0.29, 0.717) is 17.7 Å². The summed E-state index contributed by atoms with van der Waals surface area (Å²) in [4.78, 5) is 12.8. The number of hydrogen-bond acceptors (Lipinski definition) is 5. The summed E-state index contributed by atoms with van der Waals surface area (Å²) in [5, 5.41) is 11.0. The molecule has 0 amide bonds. The molecule has 4 nitrogen and oxygen atoms in total. The van der Waals surface area contributed by atoms with Crippen LogP contribution in [-0.4, -0.2) is 28.9 Å². The van der Waals surface area contributed by atoms with E-state index in [0.717, 1.165) is 5.75 Å². The molecule has 0 aliphatic rings. The van der Waals surface area contributed by atoms with Crippen molar-refractivity contribution in [2.75, 3.05) is 12.0 Å². The van der Waals surface area contributed by atoms with Gasteiger partial charge < -0.3 is 15.6 Å². The van der Waals surface area contributed by atoms with E-state index in [4.69, 9.17) is 10.5 Å². The average Bonchev–Trinajstić information content (AvgIpc) is 2.60. The maximum atomic E-state index is 12.8. The summed E-state index contributed by atoms with van der Waals surface area (Å²) < 4.78 is 5.67. The lowest BCUT2D eigenvalue weighted by atomic mass is 9.95. The Morgan fingerprint density at radius 3 is 2.30 bits per heavy atom. The number of nitrogens with two attached hydrogens (primary N) is 1. The molecule has 0 bridgehead atoms. The number of thioether (sulfide) groups is 1. The van der Waals surface area contributed by atoms with Crippen LogP contribution in [0.15, 0.2) is 60.7 Å². The topological polar surface area (TPSA) is 72.6 Å². The van der Waals surface area contributed by atoms with Gasteiger partial charge in [0, 0.05) is 5.56 Å².